The van der Waals surface area contributed by atoms with Crippen LogP contribution < -0.4 is 0 Å². The Morgan fingerprint density at radius 3 is 2.73 bits per heavy atom. The van der Waals surface area contributed by atoms with Crippen LogP contribution in [0.3, 0.4) is 0 Å². The van der Waals surface area contributed by atoms with E-state index >= 15 is 0 Å². The molecule has 0 atom stereocenters. The molecule has 0 spiro atoms. The lowest BCUT2D eigenvalue weighted by atomic mass is 10.2. The minimum absolute atomic E-state index is 0.748. The van der Waals surface area contributed by atoms with Gasteiger partial charge in [0.05, 0.1) is 0 Å². The molecule has 1 heterocycles. The number of nitrogens with zero attached hydrogens (tertiary/aromatic N) is 2. The van der Waals surface area contributed by atoms with Gasteiger partial charge in [0, 0.05) is 18.4 Å². The van der Waals surface area contributed by atoms with Crippen molar-refractivity contribution in [2.24, 2.45) is 0 Å². The van der Waals surface area contributed by atoms with Crippen molar-refractivity contribution in [1.29, 1.82) is 0 Å². The van der Waals surface area contributed by atoms with Gasteiger partial charge >= 0.3 is 0 Å². The second kappa shape index (κ2) is 2.68. The topological polar surface area (TPSA) is 17.8 Å². The lowest BCUT2D eigenvalue weighted by Gasteiger charge is -2.12. The van der Waals surface area contributed by atoms with E-state index in [1.54, 1.807) is 0 Å². The van der Waals surface area contributed by atoms with Crippen LogP contribution in [0.2, 0.25) is 0 Å². The summed E-state index contributed by atoms with van der Waals surface area (Å²) in [5.74, 6) is 1.16. The average Bonchev–Trinajstić information content (AvgIpc) is 2.55. The predicted octanol–water partition coefficient (Wildman–Crippen LogP) is 2.31. The molecular weight excluding hydrogens is 136 g/mol. The molecule has 2 rings (SSSR count). The number of hydrogen-bond acceptors (Lipinski definition) is 1. The Kier molecular flexibility index (Phi) is 1.68. The Morgan fingerprint density at radius 2 is 2.18 bits per heavy atom. The van der Waals surface area contributed by atoms with Crippen LogP contribution in [0.5, 0.6) is 0 Å². The molecule has 0 radical (unpaired) electrons. The summed E-state index contributed by atoms with van der Waals surface area (Å²) in [5.41, 5.74) is 0. The molecule has 60 valence electrons. The molecule has 2 heteroatoms. The summed E-state index contributed by atoms with van der Waals surface area (Å²) in [6.45, 7) is 2.08. The molecule has 0 N–H and O–H groups in total. The van der Waals surface area contributed by atoms with Gasteiger partial charge in [0.15, 0.2) is 0 Å². The van der Waals surface area contributed by atoms with Crippen molar-refractivity contribution in [2.45, 2.75) is 38.6 Å². The molecule has 0 aliphatic heterocycles. The minimum atomic E-state index is 0.748. The molecule has 0 aromatic carbocycles. The molecule has 1 fully saturated rings. The highest BCUT2D eigenvalue weighted by molar-refractivity contribution is 4.93. The average molecular weight is 150 g/mol. The van der Waals surface area contributed by atoms with Gasteiger partial charge in [-0.3, -0.25) is 0 Å². The number of aryl methyl sites for hydroxylation is 1. The van der Waals surface area contributed by atoms with Gasteiger partial charge in [-0.1, -0.05) is 12.8 Å². The maximum Gasteiger partial charge on any atom is 0.105 e. The lowest BCUT2D eigenvalue weighted by Crippen LogP contribution is -2.04. The van der Waals surface area contributed by atoms with Crippen LogP contribution in [-0.2, 0) is 0 Å². The molecule has 0 amide bonds. The Hall–Kier alpha value is -0.790. The molecule has 1 saturated carbocycles. The normalized spacial score (nSPS) is 19.4. The standard InChI is InChI=1S/C9H14N2/c1-8-10-6-7-11(8)9-4-2-3-5-9/h6-7,9H,2-5H2,1H3. The van der Waals surface area contributed by atoms with E-state index in [1.165, 1.54) is 25.7 Å². The molecule has 0 unspecified atom stereocenters. The Labute approximate surface area is 67.3 Å². The second-order valence-corrected chi connectivity index (χ2v) is 3.32. The quantitative estimate of drug-likeness (QED) is 0.600. The van der Waals surface area contributed by atoms with Crippen LogP contribution >= 0.6 is 0 Å². The van der Waals surface area contributed by atoms with E-state index < -0.39 is 0 Å². The van der Waals surface area contributed by atoms with E-state index in [9.17, 15) is 0 Å². The smallest absolute Gasteiger partial charge is 0.105 e. The van der Waals surface area contributed by atoms with Crippen LogP contribution in [0.25, 0.3) is 0 Å². The molecular formula is C9H14N2. The predicted molar refractivity (Wildman–Crippen MR) is 44.5 cm³/mol. The Morgan fingerprint density at radius 1 is 1.45 bits per heavy atom. The van der Waals surface area contributed by atoms with Crippen LogP contribution in [0.4, 0.5) is 0 Å². The molecule has 1 aliphatic rings. The fourth-order valence-electron chi connectivity index (χ4n) is 1.96. The van der Waals surface area contributed by atoms with Gasteiger partial charge in [-0.25, -0.2) is 4.98 Å². The largest absolute Gasteiger partial charge is 0.332 e. The summed E-state index contributed by atoms with van der Waals surface area (Å²) >= 11 is 0. The summed E-state index contributed by atoms with van der Waals surface area (Å²) in [4.78, 5) is 4.22. The van der Waals surface area contributed by atoms with E-state index in [4.69, 9.17) is 0 Å². The second-order valence-electron chi connectivity index (χ2n) is 3.32. The zero-order chi connectivity index (χ0) is 7.68. The van der Waals surface area contributed by atoms with Gasteiger partial charge in [0.2, 0.25) is 0 Å². The van der Waals surface area contributed by atoms with E-state index in [2.05, 4.69) is 22.7 Å². The van der Waals surface area contributed by atoms with Crippen molar-refractivity contribution in [1.82, 2.24) is 9.55 Å². The van der Waals surface area contributed by atoms with Crippen molar-refractivity contribution in [3.8, 4) is 0 Å². The van der Waals surface area contributed by atoms with Crippen molar-refractivity contribution in [3.63, 3.8) is 0 Å². The Bertz CT molecular complexity index is 233. The third kappa shape index (κ3) is 1.17. The number of imidazole rings is 1. The maximum absolute atomic E-state index is 4.22. The van der Waals surface area contributed by atoms with E-state index in [0.29, 0.717) is 0 Å². The first-order valence-corrected chi connectivity index (χ1v) is 4.37. The first-order chi connectivity index (χ1) is 5.38. The van der Waals surface area contributed by atoms with Gasteiger partial charge in [0.25, 0.3) is 0 Å². The van der Waals surface area contributed by atoms with Gasteiger partial charge < -0.3 is 4.57 Å². The highest BCUT2D eigenvalue weighted by Gasteiger charge is 2.17. The third-order valence-corrected chi connectivity index (χ3v) is 2.58. The molecule has 1 aromatic heterocycles. The molecule has 1 aromatic rings. The van der Waals surface area contributed by atoms with Crippen molar-refractivity contribution < 1.29 is 0 Å². The first-order valence-electron chi connectivity index (χ1n) is 4.37. The first kappa shape index (κ1) is 6.89. The summed E-state index contributed by atoms with van der Waals surface area (Å²) in [7, 11) is 0. The molecule has 0 saturated heterocycles. The summed E-state index contributed by atoms with van der Waals surface area (Å²) in [5, 5.41) is 0. The lowest BCUT2D eigenvalue weighted by molar-refractivity contribution is 0.506. The van der Waals surface area contributed by atoms with Crippen molar-refractivity contribution in [3.05, 3.63) is 18.2 Å². The van der Waals surface area contributed by atoms with E-state index in [0.717, 1.165) is 11.9 Å². The molecule has 0 bridgehead atoms. The zero-order valence-electron chi connectivity index (χ0n) is 6.95. The number of hydrogen-bond donors (Lipinski definition) is 0. The van der Waals surface area contributed by atoms with Gasteiger partial charge in [0.1, 0.15) is 5.82 Å². The monoisotopic (exact) mass is 150 g/mol. The van der Waals surface area contributed by atoms with Gasteiger partial charge in [-0.2, -0.15) is 0 Å². The number of aromatic nitrogens is 2. The zero-order valence-corrected chi connectivity index (χ0v) is 6.95. The summed E-state index contributed by atoms with van der Waals surface area (Å²) < 4.78 is 2.31. The van der Waals surface area contributed by atoms with Gasteiger partial charge in [-0.15, -0.1) is 0 Å². The summed E-state index contributed by atoms with van der Waals surface area (Å²) in [6.07, 6.45) is 9.47. The fourth-order valence-corrected chi connectivity index (χ4v) is 1.96. The minimum Gasteiger partial charge on any atom is -0.332 e. The van der Waals surface area contributed by atoms with Gasteiger partial charge in [-0.05, 0) is 19.8 Å². The molecule has 11 heavy (non-hydrogen) atoms. The molecule has 1 aliphatic carbocycles. The van der Waals surface area contributed by atoms with Crippen molar-refractivity contribution in [2.75, 3.05) is 0 Å². The summed E-state index contributed by atoms with van der Waals surface area (Å²) in [6, 6.07) is 0.748. The molecule has 2 nitrogen and oxygen atoms in total. The van der Waals surface area contributed by atoms with Crippen LogP contribution in [0.15, 0.2) is 12.4 Å². The third-order valence-electron chi connectivity index (χ3n) is 2.58. The van der Waals surface area contributed by atoms with Crippen LogP contribution in [0, 0.1) is 6.92 Å². The van der Waals surface area contributed by atoms with Crippen LogP contribution in [-0.4, -0.2) is 9.55 Å². The fraction of sp³-hybridized carbons (Fsp3) is 0.667. The highest BCUT2D eigenvalue weighted by Crippen LogP contribution is 2.29. The highest BCUT2D eigenvalue weighted by atomic mass is 15.1. The van der Waals surface area contributed by atoms with Crippen LogP contribution in [0.1, 0.15) is 37.5 Å². The SMILES string of the molecule is Cc1nccn1C1CCCC1. The van der Waals surface area contributed by atoms with E-state index in [-0.39, 0.29) is 0 Å². The van der Waals surface area contributed by atoms with E-state index in [1.807, 2.05) is 6.20 Å². The Balaban J connectivity index is 2.21. The number of rotatable bonds is 1. The maximum atomic E-state index is 4.22. The van der Waals surface area contributed by atoms with Crippen molar-refractivity contribution >= 4 is 0 Å².